The van der Waals surface area contributed by atoms with Gasteiger partial charge in [-0.2, -0.15) is 0 Å². The van der Waals surface area contributed by atoms with Crippen LogP contribution in [0.4, 0.5) is 5.69 Å². The van der Waals surface area contributed by atoms with Crippen LogP contribution in [0.2, 0.25) is 0 Å². The van der Waals surface area contributed by atoms with Crippen molar-refractivity contribution in [3.63, 3.8) is 0 Å². The Balaban J connectivity index is 2.18. The first-order chi connectivity index (χ1) is 9.61. The lowest BCUT2D eigenvalue weighted by atomic mass is 10.1. The molecule has 0 unspecified atom stereocenters. The summed E-state index contributed by atoms with van der Waals surface area (Å²) in [7, 11) is 0. The number of nitrogens with zero attached hydrogens (tertiary/aromatic N) is 1. The Labute approximate surface area is 127 Å². The lowest BCUT2D eigenvalue weighted by molar-refractivity contribution is 0.0751. The van der Waals surface area contributed by atoms with Crippen molar-refractivity contribution in [1.29, 1.82) is 0 Å². The number of hydrogen-bond donors (Lipinski definition) is 1. The fraction of sp³-hybridized carbons (Fsp3) is 0.188. The molecule has 0 heterocycles. The van der Waals surface area contributed by atoms with Crippen LogP contribution in [0.15, 0.2) is 53.0 Å². The smallest absolute Gasteiger partial charge is 0.255 e. The molecule has 20 heavy (non-hydrogen) atoms. The molecule has 2 N–H and O–H groups in total. The third-order valence-corrected chi connectivity index (χ3v) is 3.82. The second-order valence-electron chi connectivity index (χ2n) is 4.54. The average Bonchev–Trinajstić information content (AvgIpc) is 2.46. The zero-order valence-corrected chi connectivity index (χ0v) is 12.9. The third kappa shape index (κ3) is 3.39. The van der Waals surface area contributed by atoms with E-state index in [4.69, 9.17) is 5.73 Å². The van der Waals surface area contributed by atoms with Gasteiger partial charge in [0.2, 0.25) is 0 Å². The summed E-state index contributed by atoms with van der Waals surface area (Å²) in [4.78, 5) is 14.4. The molecule has 1 amide bonds. The van der Waals surface area contributed by atoms with Crippen LogP contribution in [0, 0.1) is 0 Å². The molecule has 0 spiro atoms. The minimum Gasteiger partial charge on any atom is -0.399 e. The number of carbonyl (C=O) groups excluding carboxylic acids is 1. The van der Waals surface area contributed by atoms with Gasteiger partial charge in [0, 0.05) is 23.2 Å². The van der Waals surface area contributed by atoms with Crippen LogP contribution >= 0.6 is 15.9 Å². The number of halogens is 1. The summed E-state index contributed by atoms with van der Waals surface area (Å²) in [5.74, 6) is 0.0248. The first-order valence-electron chi connectivity index (χ1n) is 6.50. The summed E-state index contributed by atoms with van der Waals surface area (Å²) in [6.45, 7) is 3.22. The van der Waals surface area contributed by atoms with Crippen LogP contribution in [-0.2, 0) is 6.54 Å². The van der Waals surface area contributed by atoms with Gasteiger partial charge in [-0.05, 0) is 52.7 Å². The van der Waals surface area contributed by atoms with Crippen molar-refractivity contribution in [3.05, 3.63) is 64.1 Å². The molecule has 0 aliphatic rings. The van der Waals surface area contributed by atoms with E-state index in [2.05, 4.69) is 15.9 Å². The highest BCUT2D eigenvalue weighted by Crippen LogP contribution is 2.19. The van der Waals surface area contributed by atoms with Crippen LogP contribution in [0.1, 0.15) is 22.8 Å². The standard InChI is InChI=1S/C16H17BrN2O/c1-2-19(11-12-7-9-13(18)10-8-12)16(20)14-5-3-4-6-15(14)17/h3-10H,2,11,18H2,1H3. The molecule has 0 atom stereocenters. The van der Waals surface area contributed by atoms with Gasteiger partial charge in [-0.1, -0.05) is 24.3 Å². The van der Waals surface area contributed by atoms with Crippen LogP contribution in [0.5, 0.6) is 0 Å². The molecule has 2 aromatic rings. The summed E-state index contributed by atoms with van der Waals surface area (Å²) in [6, 6.07) is 15.1. The van der Waals surface area contributed by atoms with Gasteiger partial charge < -0.3 is 10.6 Å². The van der Waals surface area contributed by atoms with E-state index < -0.39 is 0 Å². The lowest BCUT2D eigenvalue weighted by Gasteiger charge is -2.21. The molecule has 0 fully saturated rings. The van der Waals surface area contributed by atoms with Gasteiger partial charge in [0.25, 0.3) is 5.91 Å². The predicted octanol–water partition coefficient (Wildman–Crippen LogP) is 3.69. The molecule has 104 valence electrons. The maximum absolute atomic E-state index is 12.5. The average molecular weight is 333 g/mol. The van der Waals surface area contributed by atoms with Crippen molar-refractivity contribution < 1.29 is 4.79 Å². The molecule has 0 aliphatic heterocycles. The predicted molar refractivity (Wildman–Crippen MR) is 85.4 cm³/mol. The molecular formula is C16H17BrN2O. The SMILES string of the molecule is CCN(Cc1ccc(N)cc1)C(=O)c1ccccc1Br. The summed E-state index contributed by atoms with van der Waals surface area (Å²) < 4.78 is 0.820. The maximum atomic E-state index is 12.5. The van der Waals surface area contributed by atoms with Crippen molar-refractivity contribution in [2.24, 2.45) is 0 Å². The van der Waals surface area contributed by atoms with Crippen molar-refractivity contribution in [1.82, 2.24) is 4.90 Å². The van der Waals surface area contributed by atoms with E-state index in [9.17, 15) is 4.79 Å². The number of amides is 1. The molecular weight excluding hydrogens is 316 g/mol. The first kappa shape index (κ1) is 14.6. The van der Waals surface area contributed by atoms with E-state index in [0.717, 1.165) is 15.7 Å². The number of benzene rings is 2. The lowest BCUT2D eigenvalue weighted by Crippen LogP contribution is -2.30. The number of nitrogens with two attached hydrogens (primary N) is 1. The van der Waals surface area contributed by atoms with Crippen molar-refractivity contribution in [2.45, 2.75) is 13.5 Å². The Hall–Kier alpha value is -1.81. The van der Waals surface area contributed by atoms with Crippen LogP contribution in [-0.4, -0.2) is 17.4 Å². The molecule has 0 saturated carbocycles. The fourth-order valence-electron chi connectivity index (χ4n) is 1.98. The van der Waals surface area contributed by atoms with E-state index in [-0.39, 0.29) is 5.91 Å². The van der Waals surface area contributed by atoms with Crippen molar-refractivity contribution >= 4 is 27.5 Å². The van der Waals surface area contributed by atoms with E-state index in [1.165, 1.54) is 0 Å². The normalized spacial score (nSPS) is 10.3. The largest absolute Gasteiger partial charge is 0.399 e. The van der Waals surface area contributed by atoms with Gasteiger partial charge in [0.15, 0.2) is 0 Å². The molecule has 2 aromatic carbocycles. The summed E-state index contributed by atoms with van der Waals surface area (Å²) in [6.07, 6.45) is 0. The highest BCUT2D eigenvalue weighted by molar-refractivity contribution is 9.10. The summed E-state index contributed by atoms with van der Waals surface area (Å²) in [5.41, 5.74) is 8.16. The van der Waals surface area contributed by atoms with Gasteiger partial charge in [0.05, 0.1) is 5.56 Å². The van der Waals surface area contributed by atoms with Gasteiger partial charge in [-0.15, -0.1) is 0 Å². The van der Waals surface area contributed by atoms with Crippen molar-refractivity contribution in [2.75, 3.05) is 12.3 Å². The molecule has 2 rings (SSSR count). The number of carbonyl (C=O) groups is 1. The quantitative estimate of drug-likeness (QED) is 0.868. The zero-order chi connectivity index (χ0) is 14.5. The number of hydrogen-bond acceptors (Lipinski definition) is 2. The van der Waals surface area contributed by atoms with Crippen LogP contribution in [0.3, 0.4) is 0 Å². The van der Waals surface area contributed by atoms with Crippen LogP contribution in [0.25, 0.3) is 0 Å². The Morgan fingerprint density at radius 3 is 2.40 bits per heavy atom. The van der Waals surface area contributed by atoms with Gasteiger partial charge in [-0.25, -0.2) is 0 Å². The monoisotopic (exact) mass is 332 g/mol. The summed E-state index contributed by atoms with van der Waals surface area (Å²) in [5, 5.41) is 0. The molecule has 0 radical (unpaired) electrons. The van der Waals surface area contributed by atoms with E-state index in [1.807, 2.05) is 60.4 Å². The van der Waals surface area contributed by atoms with Crippen LogP contribution < -0.4 is 5.73 Å². The molecule has 0 aliphatic carbocycles. The van der Waals surface area contributed by atoms with E-state index >= 15 is 0 Å². The Kier molecular flexibility index (Phi) is 4.79. The fourth-order valence-corrected chi connectivity index (χ4v) is 2.43. The Morgan fingerprint density at radius 2 is 1.80 bits per heavy atom. The topological polar surface area (TPSA) is 46.3 Å². The first-order valence-corrected chi connectivity index (χ1v) is 7.29. The number of rotatable bonds is 4. The molecule has 0 saturated heterocycles. The number of anilines is 1. The molecule has 0 bridgehead atoms. The highest BCUT2D eigenvalue weighted by atomic mass is 79.9. The Bertz CT molecular complexity index is 596. The summed E-state index contributed by atoms with van der Waals surface area (Å²) >= 11 is 3.43. The van der Waals surface area contributed by atoms with Gasteiger partial charge in [-0.3, -0.25) is 4.79 Å². The van der Waals surface area contributed by atoms with E-state index in [0.29, 0.717) is 18.7 Å². The minimum atomic E-state index is 0.0248. The molecule has 0 aromatic heterocycles. The van der Waals surface area contributed by atoms with Crippen molar-refractivity contribution in [3.8, 4) is 0 Å². The third-order valence-electron chi connectivity index (χ3n) is 3.13. The molecule has 4 heteroatoms. The van der Waals surface area contributed by atoms with E-state index in [1.54, 1.807) is 0 Å². The Morgan fingerprint density at radius 1 is 1.15 bits per heavy atom. The molecule has 3 nitrogen and oxygen atoms in total. The second kappa shape index (κ2) is 6.57. The van der Waals surface area contributed by atoms with Gasteiger partial charge >= 0.3 is 0 Å². The highest BCUT2D eigenvalue weighted by Gasteiger charge is 2.16. The number of nitrogen functional groups attached to an aromatic ring is 1. The second-order valence-corrected chi connectivity index (χ2v) is 5.40. The minimum absolute atomic E-state index is 0.0248. The maximum Gasteiger partial charge on any atom is 0.255 e. The van der Waals surface area contributed by atoms with Gasteiger partial charge in [0.1, 0.15) is 0 Å². The zero-order valence-electron chi connectivity index (χ0n) is 11.3.